The summed E-state index contributed by atoms with van der Waals surface area (Å²) in [6.45, 7) is 9.77. The van der Waals surface area contributed by atoms with Crippen LogP contribution in [-0.4, -0.2) is 36.8 Å². The topological polar surface area (TPSA) is 97.8 Å². The van der Waals surface area contributed by atoms with Gasteiger partial charge in [0.05, 0.1) is 25.7 Å². The van der Waals surface area contributed by atoms with Crippen LogP contribution in [0, 0.1) is 13.8 Å². The van der Waals surface area contributed by atoms with Crippen molar-refractivity contribution in [3.8, 4) is 5.75 Å². The van der Waals surface area contributed by atoms with Crippen LogP contribution < -0.4 is 40.7 Å². The number of benzene rings is 2. The maximum atomic E-state index is 12.6. The molecule has 2 heterocycles. The number of hydrogen-bond donors (Lipinski definition) is 3. The molecule has 0 radical (unpaired) electrons. The van der Waals surface area contributed by atoms with Crippen molar-refractivity contribution in [3.05, 3.63) is 74.6 Å². The van der Waals surface area contributed by atoms with Gasteiger partial charge < -0.3 is 49.3 Å². The van der Waals surface area contributed by atoms with Gasteiger partial charge in [-0.3, -0.25) is 4.79 Å². The van der Waals surface area contributed by atoms with Crippen LogP contribution in [0.2, 0.25) is 0 Å². The van der Waals surface area contributed by atoms with Gasteiger partial charge in [0.25, 0.3) is 0 Å². The number of phenols is 1. The number of halogens is 2. The molecule has 38 heavy (non-hydrogen) atoms. The minimum absolute atomic E-state index is 0. The molecule has 7 nitrogen and oxygen atoms in total. The van der Waals surface area contributed by atoms with Crippen LogP contribution >= 0.6 is 0 Å². The fourth-order valence-corrected chi connectivity index (χ4v) is 5.28. The summed E-state index contributed by atoms with van der Waals surface area (Å²) < 4.78 is 10.6. The molecule has 0 saturated carbocycles. The molecule has 1 aliphatic heterocycles. The zero-order valence-corrected chi connectivity index (χ0v) is 23.8. The number of aryl methyl sites for hydroxylation is 2. The Hall–Kier alpha value is -2.58. The monoisotopic (exact) mass is 564 g/mol. The number of phenolic OH excluding ortho intramolecular Hbond substituents is 1. The van der Waals surface area contributed by atoms with Crippen molar-refractivity contribution >= 4 is 16.9 Å². The smallest absolute Gasteiger partial charge is 0.339 e. The lowest BCUT2D eigenvalue weighted by Gasteiger charge is -2.28. The number of nitrogens with one attached hydrogen (secondary N) is 1. The van der Waals surface area contributed by atoms with Crippen molar-refractivity contribution in [1.29, 1.82) is 0 Å². The number of nitrogens with two attached hydrogens (primary N) is 1. The molecule has 1 aromatic heterocycles. The number of esters is 1. The first-order valence-corrected chi connectivity index (χ1v) is 13.0. The third-order valence-corrected chi connectivity index (χ3v) is 7.45. The molecule has 4 N–H and O–H groups in total. The summed E-state index contributed by atoms with van der Waals surface area (Å²) in [5.74, 6) is -0.141. The fraction of sp³-hybridized carbons (Fsp3) is 0.448. The molecule has 9 heteroatoms. The molecule has 2 aromatic carbocycles. The number of aromatic hydroxyl groups is 1. The van der Waals surface area contributed by atoms with Crippen molar-refractivity contribution in [1.82, 2.24) is 0 Å². The van der Waals surface area contributed by atoms with Crippen LogP contribution in [0.5, 0.6) is 5.75 Å². The lowest BCUT2D eigenvalue weighted by Crippen LogP contribution is -3.13. The number of ether oxygens (including phenoxy) is 1. The zero-order chi connectivity index (χ0) is 25.7. The highest BCUT2D eigenvalue weighted by molar-refractivity contribution is 5.87. The van der Waals surface area contributed by atoms with Gasteiger partial charge in [0.1, 0.15) is 24.4 Å². The summed E-state index contributed by atoms with van der Waals surface area (Å²) >= 11 is 0. The van der Waals surface area contributed by atoms with Gasteiger partial charge in [-0.1, -0.05) is 30.3 Å². The molecular formula is C29H38Cl2N2O5. The molecule has 4 rings (SSSR count). The zero-order valence-electron chi connectivity index (χ0n) is 22.3. The number of carbonyl (C=O) groups excluding carboxylic acids is 1. The Morgan fingerprint density at radius 1 is 1.13 bits per heavy atom. The highest BCUT2D eigenvalue weighted by atomic mass is 35.5. The first-order valence-electron chi connectivity index (χ1n) is 13.0. The molecule has 0 aliphatic carbocycles. The van der Waals surface area contributed by atoms with Crippen molar-refractivity contribution < 1.29 is 54.1 Å². The van der Waals surface area contributed by atoms with Crippen LogP contribution in [0.25, 0.3) is 11.0 Å². The minimum Gasteiger partial charge on any atom is -1.00 e. The van der Waals surface area contributed by atoms with Crippen LogP contribution in [0.3, 0.4) is 0 Å². The van der Waals surface area contributed by atoms with Crippen molar-refractivity contribution in [2.75, 3.05) is 19.7 Å². The molecule has 1 aliphatic rings. The van der Waals surface area contributed by atoms with E-state index < -0.39 is 5.63 Å². The number of hydrogen-bond acceptors (Lipinski definition) is 5. The van der Waals surface area contributed by atoms with Crippen LogP contribution in [0.15, 0.2) is 45.6 Å². The maximum absolute atomic E-state index is 12.6. The molecule has 0 bridgehead atoms. The van der Waals surface area contributed by atoms with E-state index in [0.717, 1.165) is 49.0 Å². The van der Waals surface area contributed by atoms with E-state index >= 15 is 0 Å². The predicted octanol–water partition coefficient (Wildman–Crippen LogP) is -4.07. The maximum Gasteiger partial charge on any atom is 0.339 e. The van der Waals surface area contributed by atoms with Crippen molar-refractivity contribution in [2.24, 2.45) is 0 Å². The largest absolute Gasteiger partial charge is 1.00 e. The van der Waals surface area contributed by atoms with E-state index in [2.05, 4.69) is 35.6 Å². The SMILES string of the molecule is CCOC(=O)CCc1c(C)c2cc(C[NH2+]C3CC[NH+](Cc4ccccc4)CC3)c(O)c(C)c2oc1=O.[Cl-].[Cl-]. The Kier molecular flexibility index (Phi) is 12.1. The standard InChI is InChI=1S/C29H36N2O5.2ClH/c1-4-35-26(32)11-10-24-19(2)25-16-22(27(33)20(3)28(25)36-29(24)34)17-30-23-12-14-31(15-13-23)18-21-8-6-5-7-9-21;;/h5-9,16,23,30,33H,4,10-15,17-18H2,1-3H3;2*1H. The second-order valence-electron chi connectivity index (χ2n) is 9.87. The van der Waals surface area contributed by atoms with E-state index in [0.29, 0.717) is 35.9 Å². The number of likely N-dealkylation sites (tertiary alicyclic amines) is 1. The van der Waals surface area contributed by atoms with Gasteiger partial charge in [0, 0.05) is 46.9 Å². The third kappa shape index (κ3) is 7.50. The normalized spacial score (nSPS) is 16.9. The Morgan fingerprint density at radius 3 is 2.47 bits per heavy atom. The molecule has 0 unspecified atom stereocenters. The van der Waals surface area contributed by atoms with E-state index in [1.54, 1.807) is 18.7 Å². The van der Waals surface area contributed by atoms with Crippen LogP contribution in [0.1, 0.15) is 54.0 Å². The summed E-state index contributed by atoms with van der Waals surface area (Å²) in [5.41, 5.74) is 4.04. The summed E-state index contributed by atoms with van der Waals surface area (Å²) in [6, 6.07) is 13.1. The lowest BCUT2D eigenvalue weighted by molar-refractivity contribution is -0.926. The quantitative estimate of drug-likeness (QED) is 0.181. The Bertz CT molecular complexity index is 1270. The molecule has 1 saturated heterocycles. The molecule has 208 valence electrons. The average molecular weight is 566 g/mol. The second-order valence-corrected chi connectivity index (χ2v) is 9.87. The molecule has 0 atom stereocenters. The van der Waals surface area contributed by atoms with Crippen molar-refractivity contribution in [3.63, 3.8) is 0 Å². The average Bonchev–Trinajstić information content (AvgIpc) is 2.87. The summed E-state index contributed by atoms with van der Waals surface area (Å²) in [7, 11) is 0. The summed E-state index contributed by atoms with van der Waals surface area (Å²) in [5, 5.41) is 14.0. The van der Waals surface area contributed by atoms with Gasteiger partial charge in [-0.05, 0) is 38.8 Å². The van der Waals surface area contributed by atoms with E-state index in [4.69, 9.17) is 9.15 Å². The van der Waals surface area contributed by atoms with E-state index in [1.165, 1.54) is 5.56 Å². The molecule has 0 amide bonds. The highest BCUT2D eigenvalue weighted by Gasteiger charge is 2.25. The lowest BCUT2D eigenvalue weighted by atomic mass is 9.97. The molecule has 3 aromatic rings. The Morgan fingerprint density at radius 2 is 1.82 bits per heavy atom. The van der Waals surface area contributed by atoms with Crippen molar-refractivity contribution in [2.45, 2.75) is 65.6 Å². The van der Waals surface area contributed by atoms with Gasteiger partial charge in [0.15, 0.2) is 0 Å². The summed E-state index contributed by atoms with van der Waals surface area (Å²) in [6.07, 6.45) is 2.69. The van der Waals surface area contributed by atoms with Gasteiger partial charge >= 0.3 is 11.6 Å². The second kappa shape index (κ2) is 14.5. The third-order valence-electron chi connectivity index (χ3n) is 7.45. The number of piperidine rings is 1. The van der Waals surface area contributed by atoms with Gasteiger partial charge in [-0.2, -0.15) is 0 Å². The first kappa shape index (κ1) is 31.6. The first-order chi connectivity index (χ1) is 17.4. The van der Waals surface area contributed by atoms with E-state index in [9.17, 15) is 14.7 Å². The van der Waals surface area contributed by atoms with Gasteiger partial charge in [-0.15, -0.1) is 0 Å². The number of fused-ring (bicyclic) bond motifs is 1. The van der Waals surface area contributed by atoms with Gasteiger partial charge in [0.2, 0.25) is 0 Å². The Balaban J connectivity index is 0.00000253. The van der Waals surface area contributed by atoms with Gasteiger partial charge in [-0.25, -0.2) is 4.79 Å². The Labute approximate surface area is 236 Å². The molecule has 1 fully saturated rings. The van der Waals surface area contributed by atoms with E-state index in [1.807, 2.05) is 13.0 Å². The number of quaternary nitrogens is 2. The number of rotatable bonds is 9. The predicted molar refractivity (Wildman–Crippen MR) is 138 cm³/mol. The fourth-order valence-electron chi connectivity index (χ4n) is 5.28. The van der Waals surface area contributed by atoms with Crippen LogP contribution in [0.4, 0.5) is 0 Å². The minimum atomic E-state index is -0.462. The van der Waals surface area contributed by atoms with E-state index in [-0.39, 0.29) is 49.4 Å². The molecular weight excluding hydrogens is 527 g/mol. The van der Waals surface area contributed by atoms with Crippen LogP contribution in [-0.2, 0) is 29.0 Å². The molecule has 0 spiro atoms. The highest BCUT2D eigenvalue weighted by Crippen LogP contribution is 2.32. The summed E-state index contributed by atoms with van der Waals surface area (Å²) in [4.78, 5) is 26.1. The number of carbonyl (C=O) groups is 1.